The van der Waals surface area contributed by atoms with Crippen LogP contribution < -0.4 is 21.5 Å². The Bertz CT molecular complexity index is 1150. The van der Waals surface area contributed by atoms with Crippen molar-refractivity contribution in [3.05, 3.63) is 92.4 Å². The van der Waals surface area contributed by atoms with Gasteiger partial charge in [0.15, 0.2) is 12.4 Å². The van der Waals surface area contributed by atoms with Gasteiger partial charge in [-0.1, -0.05) is 43.7 Å². The van der Waals surface area contributed by atoms with E-state index in [1.54, 1.807) is 11.5 Å². The van der Waals surface area contributed by atoms with Crippen molar-refractivity contribution >= 4 is 11.6 Å². The van der Waals surface area contributed by atoms with E-state index < -0.39 is 17.0 Å². The molecule has 0 saturated heterocycles. The third-order valence-electron chi connectivity index (χ3n) is 5.07. The fourth-order valence-electron chi connectivity index (χ4n) is 3.47. The lowest BCUT2D eigenvalue weighted by Gasteiger charge is -2.15. The first-order chi connectivity index (χ1) is 14.5. The Morgan fingerprint density at radius 1 is 0.967 bits per heavy atom. The van der Waals surface area contributed by atoms with Crippen LogP contribution in [0.1, 0.15) is 41.8 Å². The molecular formula is C23H27N4O3+. The molecule has 2 N–H and O–H groups in total. The number of aromatic nitrogens is 3. The summed E-state index contributed by atoms with van der Waals surface area (Å²) in [5.41, 5.74) is 6.93. The van der Waals surface area contributed by atoms with E-state index in [0.717, 1.165) is 23.0 Å². The van der Waals surface area contributed by atoms with Gasteiger partial charge in [0.1, 0.15) is 11.4 Å². The minimum absolute atomic E-state index is 0.0287. The van der Waals surface area contributed by atoms with Gasteiger partial charge in [0.25, 0.3) is 5.56 Å². The van der Waals surface area contributed by atoms with E-state index in [-0.39, 0.29) is 31.0 Å². The first kappa shape index (κ1) is 21.2. The zero-order chi connectivity index (χ0) is 21.7. The third kappa shape index (κ3) is 4.40. The Morgan fingerprint density at radius 2 is 1.63 bits per heavy atom. The van der Waals surface area contributed by atoms with Crippen LogP contribution >= 0.6 is 0 Å². The van der Waals surface area contributed by atoms with Crippen LogP contribution in [0.2, 0.25) is 0 Å². The van der Waals surface area contributed by atoms with Crippen LogP contribution in [-0.2, 0) is 26.1 Å². The summed E-state index contributed by atoms with van der Waals surface area (Å²) in [5, 5.41) is 0. The van der Waals surface area contributed by atoms with Gasteiger partial charge in [-0.05, 0) is 24.5 Å². The summed E-state index contributed by atoms with van der Waals surface area (Å²) in [6, 6.07) is 13.2. The molecule has 2 heterocycles. The van der Waals surface area contributed by atoms with Crippen LogP contribution in [0.5, 0.6) is 0 Å². The van der Waals surface area contributed by atoms with E-state index >= 15 is 0 Å². The highest BCUT2D eigenvalue weighted by Gasteiger charge is 2.24. The number of nitrogens with two attached hydrogens (primary N) is 1. The molecule has 1 aromatic carbocycles. The second kappa shape index (κ2) is 9.35. The average Bonchev–Trinajstić information content (AvgIpc) is 2.74. The topological polar surface area (TPSA) is 91.0 Å². The molecule has 0 fully saturated rings. The number of aryl methyl sites for hydroxylation is 1. The molecule has 0 atom stereocenters. The summed E-state index contributed by atoms with van der Waals surface area (Å²) in [6.07, 6.45) is 5.64. The van der Waals surface area contributed by atoms with Crippen molar-refractivity contribution in [1.82, 2.24) is 9.13 Å². The van der Waals surface area contributed by atoms with Crippen LogP contribution in [0.15, 0.2) is 64.4 Å². The Kier molecular flexibility index (Phi) is 6.61. The molecule has 0 spiro atoms. The normalized spacial score (nSPS) is 10.9. The van der Waals surface area contributed by atoms with E-state index in [1.165, 1.54) is 10.1 Å². The lowest BCUT2D eigenvalue weighted by molar-refractivity contribution is -0.683. The predicted molar refractivity (Wildman–Crippen MR) is 116 cm³/mol. The van der Waals surface area contributed by atoms with Gasteiger partial charge in [-0.25, -0.2) is 4.79 Å². The van der Waals surface area contributed by atoms with Crippen molar-refractivity contribution in [2.24, 2.45) is 0 Å². The smallest absolute Gasteiger partial charge is 0.332 e. The van der Waals surface area contributed by atoms with E-state index in [1.807, 2.05) is 54.9 Å². The van der Waals surface area contributed by atoms with Gasteiger partial charge in [0, 0.05) is 18.7 Å². The zero-order valence-corrected chi connectivity index (χ0v) is 17.4. The molecule has 0 unspecified atom stereocenters. The number of Topliss-reactive ketones (excluding diaryl/α,β-unsaturated/α-hetero) is 1. The van der Waals surface area contributed by atoms with Crippen molar-refractivity contribution < 1.29 is 9.36 Å². The van der Waals surface area contributed by atoms with Crippen molar-refractivity contribution in [3.8, 4) is 0 Å². The average molecular weight is 407 g/mol. The summed E-state index contributed by atoms with van der Waals surface area (Å²) < 4.78 is 4.06. The molecule has 0 aliphatic carbocycles. The van der Waals surface area contributed by atoms with Gasteiger partial charge >= 0.3 is 5.69 Å². The van der Waals surface area contributed by atoms with Crippen molar-refractivity contribution in [2.45, 2.75) is 46.3 Å². The number of hydrogen-bond donors (Lipinski definition) is 1. The number of carbonyl (C=O) groups excluding carboxylic acids is 1. The molecule has 0 bridgehead atoms. The second-order valence-electron chi connectivity index (χ2n) is 7.22. The molecular weight excluding hydrogens is 380 g/mol. The van der Waals surface area contributed by atoms with E-state index in [2.05, 4.69) is 6.92 Å². The van der Waals surface area contributed by atoms with E-state index in [9.17, 15) is 14.4 Å². The van der Waals surface area contributed by atoms with Crippen molar-refractivity contribution in [1.29, 1.82) is 0 Å². The fourth-order valence-corrected chi connectivity index (χ4v) is 3.47. The molecule has 3 rings (SSSR count). The number of carbonyl (C=O) groups is 1. The minimum atomic E-state index is -0.641. The number of pyridine rings is 1. The molecule has 0 aliphatic rings. The van der Waals surface area contributed by atoms with Gasteiger partial charge < -0.3 is 5.73 Å². The zero-order valence-electron chi connectivity index (χ0n) is 17.4. The van der Waals surface area contributed by atoms with Crippen molar-refractivity contribution in [3.63, 3.8) is 0 Å². The number of ketones is 1. The Labute approximate surface area is 175 Å². The molecule has 0 saturated carbocycles. The summed E-state index contributed by atoms with van der Waals surface area (Å²) in [6.45, 7) is 4.12. The molecule has 30 heavy (non-hydrogen) atoms. The first-order valence-electron chi connectivity index (χ1n) is 10.1. The fraction of sp³-hybridized carbons (Fsp3) is 0.304. The molecule has 0 aliphatic heterocycles. The quantitative estimate of drug-likeness (QED) is 0.455. The standard InChI is InChI=1S/C23H26N4O3/c1-3-8-17-11-13-25(14-12-17)16-19(28)20-21(24)27(15-18-9-6-5-7-10-18)23(30)26(4-2)22(20)29/h5-7,9-14H,3-4,8,15-16H2,1-2H3,(H-,24,28,29)/p+1. The lowest BCUT2D eigenvalue weighted by atomic mass is 10.1. The van der Waals surface area contributed by atoms with E-state index in [4.69, 9.17) is 5.73 Å². The summed E-state index contributed by atoms with van der Waals surface area (Å²) in [5.74, 6) is -0.512. The first-order valence-corrected chi connectivity index (χ1v) is 10.1. The maximum atomic E-state index is 13.0. The van der Waals surface area contributed by atoms with Crippen LogP contribution in [0.4, 0.5) is 5.82 Å². The second-order valence-corrected chi connectivity index (χ2v) is 7.22. The Hall–Kier alpha value is -3.48. The monoisotopic (exact) mass is 407 g/mol. The van der Waals surface area contributed by atoms with Crippen LogP contribution in [0, 0.1) is 0 Å². The maximum absolute atomic E-state index is 13.0. The number of nitrogen functional groups attached to an aromatic ring is 1. The summed E-state index contributed by atoms with van der Waals surface area (Å²) in [7, 11) is 0. The van der Waals surface area contributed by atoms with E-state index in [0.29, 0.717) is 0 Å². The summed E-state index contributed by atoms with van der Waals surface area (Å²) >= 11 is 0. The maximum Gasteiger partial charge on any atom is 0.332 e. The number of nitrogens with zero attached hydrogens (tertiary/aromatic N) is 3. The third-order valence-corrected chi connectivity index (χ3v) is 5.07. The predicted octanol–water partition coefficient (Wildman–Crippen LogP) is 1.78. The lowest BCUT2D eigenvalue weighted by Crippen LogP contribution is -2.46. The number of hydrogen-bond acceptors (Lipinski definition) is 4. The molecule has 156 valence electrons. The molecule has 0 amide bonds. The highest BCUT2D eigenvalue weighted by atomic mass is 16.2. The number of rotatable bonds is 8. The Morgan fingerprint density at radius 3 is 2.23 bits per heavy atom. The van der Waals surface area contributed by atoms with Crippen LogP contribution in [0.25, 0.3) is 0 Å². The number of anilines is 1. The molecule has 3 aromatic rings. The van der Waals surface area contributed by atoms with Crippen LogP contribution in [-0.4, -0.2) is 14.9 Å². The largest absolute Gasteiger partial charge is 0.384 e. The molecule has 7 nitrogen and oxygen atoms in total. The molecule has 7 heteroatoms. The Balaban J connectivity index is 2.00. The van der Waals surface area contributed by atoms with Crippen LogP contribution in [0.3, 0.4) is 0 Å². The number of benzene rings is 1. The minimum Gasteiger partial charge on any atom is -0.384 e. The highest BCUT2D eigenvalue weighted by molar-refractivity contribution is 5.98. The highest BCUT2D eigenvalue weighted by Crippen LogP contribution is 2.10. The van der Waals surface area contributed by atoms with Gasteiger partial charge in [0.05, 0.1) is 6.54 Å². The van der Waals surface area contributed by atoms with Crippen molar-refractivity contribution in [2.75, 3.05) is 5.73 Å². The molecule has 0 radical (unpaired) electrons. The van der Waals surface area contributed by atoms with Gasteiger partial charge in [-0.3, -0.25) is 18.7 Å². The SMILES string of the molecule is CCCc1cc[n+](CC(=O)c2c(N)n(Cc3ccccc3)c(=O)n(CC)c2=O)cc1. The van der Waals surface area contributed by atoms with Gasteiger partial charge in [-0.2, -0.15) is 4.57 Å². The summed E-state index contributed by atoms with van der Waals surface area (Å²) in [4.78, 5) is 38.7. The van der Waals surface area contributed by atoms with Gasteiger partial charge in [-0.15, -0.1) is 0 Å². The molecule has 2 aromatic heterocycles. The van der Waals surface area contributed by atoms with Gasteiger partial charge in [0.2, 0.25) is 12.3 Å².